The third kappa shape index (κ3) is 2.43. The second-order valence-electron chi connectivity index (χ2n) is 3.38. The van der Waals surface area contributed by atoms with E-state index in [1.165, 1.54) is 0 Å². The predicted octanol–water partition coefficient (Wildman–Crippen LogP) is 1.95. The fourth-order valence-corrected chi connectivity index (χ4v) is 1.08. The molecule has 0 aliphatic carbocycles. The molecule has 1 heterocycles. The van der Waals surface area contributed by atoms with Crippen molar-refractivity contribution in [3.8, 4) is 6.07 Å². The molecule has 0 atom stereocenters. The van der Waals surface area contributed by atoms with Gasteiger partial charge in [0.25, 0.3) is 0 Å². The van der Waals surface area contributed by atoms with Crippen LogP contribution < -0.4 is 0 Å². The molecule has 0 bridgehead atoms. The number of hydrogen-bond donors (Lipinski definition) is 0. The molecular weight excluding hydrogens is 178 g/mol. The highest BCUT2D eigenvalue weighted by Gasteiger charge is 2.09. The van der Waals surface area contributed by atoms with Gasteiger partial charge in [0.1, 0.15) is 0 Å². The molecule has 0 aliphatic rings. The molecule has 0 amide bonds. The van der Waals surface area contributed by atoms with Crippen LogP contribution in [0.5, 0.6) is 0 Å². The van der Waals surface area contributed by atoms with Crippen LogP contribution >= 0.6 is 0 Å². The first-order chi connectivity index (χ1) is 6.65. The standard InChI is InChI=1S/C10H13N3O/c1-8(2)13-7-9(6-12-13)10(14)4-3-5-11/h6-8H,3-4H2,1-2H3. The molecular formula is C10H13N3O. The Morgan fingerprint density at radius 3 is 2.93 bits per heavy atom. The highest BCUT2D eigenvalue weighted by Crippen LogP contribution is 2.08. The Labute approximate surface area is 83.1 Å². The fraction of sp³-hybridized carbons (Fsp3) is 0.500. The maximum absolute atomic E-state index is 11.4. The first-order valence-corrected chi connectivity index (χ1v) is 4.59. The molecule has 4 nitrogen and oxygen atoms in total. The number of Topliss-reactive ketones (excluding diaryl/α,β-unsaturated/α-hetero) is 1. The largest absolute Gasteiger partial charge is 0.294 e. The third-order valence-corrected chi connectivity index (χ3v) is 1.92. The van der Waals surface area contributed by atoms with Crippen LogP contribution in [0.1, 0.15) is 43.1 Å². The summed E-state index contributed by atoms with van der Waals surface area (Å²) in [5.41, 5.74) is 0.592. The van der Waals surface area contributed by atoms with E-state index in [-0.39, 0.29) is 24.7 Å². The van der Waals surface area contributed by atoms with Gasteiger partial charge >= 0.3 is 0 Å². The zero-order valence-corrected chi connectivity index (χ0v) is 8.40. The zero-order valence-electron chi connectivity index (χ0n) is 8.40. The Hall–Kier alpha value is -1.63. The van der Waals surface area contributed by atoms with Gasteiger partial charge in [0.2, 0.25) is 0 Å². The van der Waals surface area contributed by atoms with Crippen molar-refractivity contribution in [1.82, 2.24) is 9.78 Å². The van der Waals surface area contributed by atoms with Gasteiger partial charge in [-0.05, 0) is 13.8 Å². The first-order valence-electron chi connectivity index (χ1n) is 4.59. The minimum Gasteiger partial charge on any atom is -0.294 e. The monoisotopic (exact) mass is 191 g/mol. The second-order valence-corrected chi connectivity index (χ2v) is 3.38. The minimum atomic E-state index is -0.0153. The Kier molecular flexibility index (Phi) is 3.41. The molecule has 0 unspecified atom stereocenters. The van der Waals surface area contributed by atoms with Gasteiger partial charge in [0.15, 0.2) is 5.78 Å². The molecule has 0 radical (unpaired) electrons. The molecule has 0 aliphatic heterocycles. The summed E-state index contributed by atoms with van der Waals surface area (Å²) in [5.74, 6) is -0.0153. The summed E-state index contributed by atoms with van der Waals surface area (Å²) in [5, 5.41) is 12.4. The average molecular weight is 191 g/mol. The van der Waals surface area contributed by atoms with E-state index < -0.39 is 0 Å². The third-order valence-electron chi connectivity index (χ3n) is 1.92. The molecule has 1 rings (SSSR count). The summed E-state index contributed by atoms with van der Waals surface area (Å²) < 4.78 is 1.74. The summed E-state index contributed by atoms with van der Waals surface area (Å²) in [6.07, 6.45) is 3.83. The smallest absolute Gasteiger partial charge is 0.167 e. The van der Waals surface area contributed by atoms with Gasteiger partial charge in [0, 0.05) is 25.1 Å². The number of nitrogens with zero attached hydrogens (tertiary/aromatic N) is 3. The van der Waals surface area contributed by atoms with E-state index in [9.17, 15) is 4.79 Å². The molecule has 1 aromatic rings. The summed E-state index contributed by atoms with van der Waals surface area (Å²) >= 11 is 0. The quantitative estimate of drug-likeness (QED) is 0.683. The van der Waals surface area contributed by atoms with Gasteiger partial charge < -0.3 is 0 Å². The van der Waals surface area contributed by atoms with Crippen molar-refractivity contribution in [2.24, 2.45) is 0 Å². The van der Waals surface area contributed by atoms with Gasteiger partial charge in [-0.25, -0.2) is 0 Å². The molecule has 0 N–H and O–H groups in total. The van der Waals surface area contributed by atoms with Crippen LogP contribution in [0.2, 0.25) is 0 Å². The molecule has 74 valence electrons. The van der Waals surface area contributed by atoms with Crippen molar-refractivity contribution in [3.63, 3.8) is 0 Å². The molecule has 4 heteroatoms. The minimum absolute atomic E-state index is 0.0153. The lowest BCUT2D eigenvalue weighted by Crippen LogP contribution is -2.01. The lowest BCUT2D eigenvalue weighted by atomic mass is 10.1. The molecule has 14 heavy (non-hydrogen) atoms. The van der Waals surface area contributed by atoms with Gasteiger partial charge in [-0.15, -0.1) is 0 Å². The molecule has 0 aromatic carbocycles. The second kappa shape index (κ2) is 4.56. The fourth-order valence-electron chi connectivity index (χ4n) is 1.08. The van der Waals surface area contributed by atoms with E-state index in [1.54, 1.807) is 17.1 Å². The predicted molar refractivity (Wildman–Crippen MR) is 51.8 cm³/mol. The maximum atomic E-state index is 11.4. The zero-order chi connectivity index (χ0) is 10.6. The van der Waals surface area contributed by atoms with E-state index >= 15 is 0 Å². The Balaban J connectivity index is 2.68. The summed E-state index contributed by atoms with van der Waals surface area (Å²) in [7, 11) is 0. The molecule has 0 saturated carbocycles. The van der Waals surface area contributed by atoms with Crippen LogP contribution in [0.25, 0.3) is 0 Å². The Bertz CT molecular complexity index is 360. The molecule has 0 spiro atoms. The van der Waals surface area contributed by atoms with Crippen molar-refractivity contribution >= 4 is 5.78 Å². The van der Waals surface area contributed by atoms with Gasteiger partial charge in [-0.3, -0.25) is 9.48 Å². The van der Waals surface area contributed by atoms with E-state index in [2.05, 4.69) is 5.10 Å². The number of rotatable bonds is 4. The van der Waals surface area contributed by atoms with Crippen molar-refractivity contribution in [1.29, 1.82) is 5.26 Å². The van der Waals surface area contributed by atoms with Crippen LogP contribution in [0.4, 0.5) is 0 Å². The van der Waals surface area contributed by atoms with Crippen molar-refractivity contribution < 1.29 is 4.79 Å². The van der Waals surface area contributed by atoms with E-state index in [4.69, 9.17) is 5.26 Å². The van der Waals surface area contributed by atoms with E-state index in [0.29, 0.717) is 5.56 Å². The highest BCUT2D eigenvalue weighted by molar-refractivity contribution is 5.95. The SMILES string of the molecule is CC(C)n1cc(C(=O)CCC#N)cn1. The molecule has 1 aromatic heterocycles. The Morgan fingerprint density at radius 2 is 2.43 bits per heavy atom. The normalized spacial score (nSPS) is 10.1. The first kappa shape index (κ1) is 10.5. The van der Waals surface area contributed by atoms with Crippen LogP contribution in [-0.4, -0.2) is 15.6 Å². The summed E-state index contributed by atoms with van der Waals surface area (Å²) in [4.78, 5) is 11.4. The summed E-state index contributed by atoms with van der Waals surface area (Å²) in [6.45, 7) is 3.99. The van der Waals surface area contributed by atoms with Crippen molar-refractivity contribution in [3.05, 3.63) is 18.0 Å². The van der Waals surface area contributed by atoms with Gasteiger partial charge in [-0.2, -0.15) is 10.4 Å². The van der Waals surface area contributed by atoms with Gasteiger partial charge in [-0.1, -0.05) is 0 Å². The van der Waals surface area contributed by atoms with Crippen LogP contribution in [0.3, 0.4) is 0 Å². The maximum Gasteiger partial charge on any atom is 0.167 e. The number of ketones is 1. The number of hydrogen-bond acceptors (Lipinski definition) is 3. The van der Waals surface area contributed by atoms with Crippen molar-refractivity contribution in [2.75, 3.05) is 0 Å². The number of carbonyl (C=O) groups excluding carboxylic acids is 1. The van der Waals surface area contributed by atoms with Gasteiger partial charge in [0.05, 0.1) is 17.8 Å². The number of aromatic nitrogens is 2. The van der Waals surface area contributed by atoms with Crippen LogP contribution in [-0.2, 0) is 0 Å². The van der Waals surface area contributed by atoms with E-state index in [1.807, 2.05) is 19.9 Å². The lowest BCUT2D eigenvalue weighted by molar-refractivity contribution is 0.0984. The van der Waals surface area contributed by atoms with E-state index in [0.717, 1.165) is 0 Å². The lowest BCUT2D eigenvalue weighted by Gasteiger charge is -2.02. The van der Waals surface area contributed by atoms with Crippen molar-refractivity contribution in [2.45, 2.75) is 32.7 Å². The highest BCUT2D eigenvalue weighted by atomic mass is 16.1. The summed E-state index contributed by atoms with van der Waals surface area (Å²) in [6, 6.07) is 2.21. The van der Waals surface area contributed by atoms with Crippen LogP contribution in [0, 0.1) is 11.3 Å². The topological polar surface area (TPSA) is 58.7 Å². The Morgan fingerprint density at radius 1 is 1.71 bits per heavy atom. The number of nitriles is 1. The number of carbonyl (C=O) groups is 1. The molecule has 0 fully saturated rings. The molecule has 0 saturated heterocycles. The average Bonchev–Trinajstić information content (AvgIpc) is 2.62. The van der Waals surface area contributed by atoms with Crippen LogP contribution in [0.15, 0.2) is 12.4 Å².